The number of rotatable bonds is 10. The number of imidazole rings is 1. The van der Waals surface area contributed by atoms with Crippen molar-refractivity contribution in [3.8, 4) is 11.8 Å². The van der Waals surface area contributed by atoms with E-state index in [1.807, 2.05) is 19.1 Å². The molecule has 13 nitrogen and oxygen atoms in total. The summed E-state index contributed by atoms with van der Waals surface area (Å²) in [6.45, 7) is 2.46. The third kappa shape index (κ3) is 6.37. The largest absolute Gasteiger partial charge is 0.456 e. The molecule has 15 heteroatoms. The molecule has 52 heavy (non-hydrogen) atoms. The second-order valence-electron chi connectivity index (χ2n) is 12.6. The van der Waals surface area contributed by atoms with Crippen molar-refractivity contribution in [3.05, 3.63) is 105 Å². The first-order valence-electron chi connectivity index (χ1n) is 16.7. The Balaban J connectivity index is 1.33. The number of hydrogen-bond donors (Lipinski definition) is 4. The van der Waals surface area contributed by atoms with Gasteiger partial charge < -0.3 is 36.1 Å². The fourth-order valence-electron chi connectivity index (χ4n) is 7.02. The maximum Gasteiger partial charge on any atom is 0.328 e. The fourth-order valence-corrected chi connectivity index (χ4v) is 7.91. The summed E-state index contributed by atoms with van der Waals surface area (Å²) in [5.41, 5.74) is 13.4. The van der Waals surface area contributed by atoms with Crippen molar-refractivity contribution in [2.75, 3.05) is 18.9 Å². The number of carbonyl (C=O) groups excluding carboxylic acids is 3. The topological polar surface area (TPSA) is 189 Å². The molecule has 3 aromatic heterocycles. The van der Waals surface area contributed by atoms with Crippen molar-refractivity contribution in [2.24, 2.45) is 22.8 Å². The molecule has 0 spiro atoms. The van der Waals surface area contributed by atoms with Gasteiger partial charge >= 0.3 is 11.9 Å². The van der Waals surface area contributed by atoms with Crippen LogP contribution in [0.4, 0.5) is 5.82 Å². The highest BCUT2D eigenvalue weighted by Crippen LogP contribution is 2.69. The summed E-state index contributed by atoms with van der Waals surface area (Å²) in [6.07, 6.45) is -0.535. The highest BCUT2D eigenvalue weighted by atomic mass is 35.5. The molecular formula is C37H35ClN8O5S. The number of nitrogens with one attached hydrogen (secondary N) is 2. The Kier molecular flexibility index (Phi) is 9.69. The van der Waals surface area contributed by atoms with Gasteiger partial charge in [0.1, 0.15) is 12.1 Å². The van der Waals surface area contributed by atoms with Gasteiger partial charge in [0.25, 0.3) is 0 Å². The second kappa shape index (κ2) is 14.4. The number of fused-ring (bicyclic) bond motifs is 2. The molecule has 0 radical (unpaired) electrons. The van der Waals surface area contributed by atoms with Gasteiger partial charge in [-0.05, 0) is 48.4 Å². The Morgan fingerprint density at radius 3 is 2.23 bits per heavy atom. The summed E-state index contributed by atoms with van der Waals surface area (Å²) in [5.74, 6) is 4.35. The van der Waals surface area contributed by atoms with E-state index in [2.05, 4.69) is 32.4 Å². The first-order chi connectivity index (χ1) is 25.2. The molecular weight excluding hydrogens is 704 g/mol. The molecule has 1 amide bonds. The monoisotopic (exact) mass is 738 g/mol. The van der Waals surface area contributed by atoms with Crippen molar-refractivity contribution < 1.29 is 23.9 Å². The summed E-state index contributed by atoms with van der Waals surface area (Å²) < 4.78 is 14.8. The molecule has 2 fully saturated rings. The Morgan fingerprint density at radius 1 is 0.981 bits per heavy atom. The number of hydrogen-bond acceptors (Lipinski definition) is 12. The van der Waals surface area contributed by atoms with Gasteiger partial charge in [-0.3, -0.25) is 4.79 Å². The van der Waals surface area contributed by atoms with Gasteiger partial charge in [0.15, 0.2) is 29.2 Å². The quantitative estimate of drug-likeness (QED) is 0.120. The van der Waals surface area contributed by atoms with Gasteiger partial charge in [0.2, 0.25) is 11.7 Å². The van der Waals surface area contributed by atoms with Gasteiger partial charge in [-0.15, -0.1) is 11.3 Å². The number of nitrogens with zero attached hydrogens (tertiary/aromatic N) is 4. The summed E-state index contributed by atoms with van der Waals surface area (Å²) in [7, 11) is 1.51. The van der Waals surface area contributed by atoms with Crippen molar-refractivity contribution in [1.29, 1.82) is 0 Å². The minimum absolute atomic E-state index is 0.206. The number of esters is 2. The van der Waals surface area contributed by atoms with E-state index in [-0.39, 0.29) is 11.7 Å². The van der Waals surface area contributed by atoms with Crippen molar-refractivity contribution in [1.82, 2.24) is 24.8 Å². The average molecular weight is 739 g/mol. The SMILES string of the molecule is CCNc1nc(C#Cc2ccc(Cl)s2)nc2c1ncn2[C@@H]1C2C[C@@]2(C(=O)NC)[C@@H](OC(=O)[C@@H](N)c2ccccc2)[C@H]1OC(=O)[C@@H](N)c1ccccc1. The summed E-state index contributed by atoms with van der Waals surface area (Å²) in [4.78, 5) is 56.2. The van der Waals surface area contributed by atoms with Gasteiger partial charge in [-0.25, -0.2) is 24.5 Å². The van der Waals surface area contributed by atoms with Crippen LogP contribution in [-0.2, 0) is 23.9 Å². The number of halogens is 1. The number of thiophene rings is 1. The molecule has 7 rings (SSSR count). The molecule has 6 N–H and O–H groups in total. The molecule has 2 aliphatic rings. The van der Waals surface area contributed by atoms with E-state index in [0.29, 0.717) is 45.4 Å². The van der Waals surface area contributed by atoms with E-state index in [9.17, 15) is 14.4 Å². The Bertz CT molecular complexity index is 2200. The molecule has 5 aromatic rings. The molecule has 0 saturated heterocycles. The standard InChI is InChI=1S/C37H35ClN8O5S/c1-3-42-32-28-33(45-25(44-32)17-15-22-14-16-24(38)52-22)46(19-43-28)29-23-18-37(23,36(49)41-2)31(51-35(48)27(40)21-12-8-5-9-13-21)30(29)50-34(47)26(39)20-10-6-4-7-11-20/h4-14,16,19,23,26-27,29-31H,3,18,39-40H2,1-2H3,(H,41,49)(H,42,44,45)/t23?,26-,27-,29+,30-,31-,37-/m0/s1. The van der Waals surface area contributed by atoms with Gasteiger partial charge in [0.05, 0.1) is 27.0 Å². The van der Waals surface area contributed by atoms with E-state index in [0.717, 1.165) is 4.88 Å². The van der Waals surface area contributed by atoms with Crippen LogP contribution >= 0.6 is 22.9 Å². The Morgan fingerprint density at radius 2 is 1.63 bits per heavy atom. The van der Waals surface area contributed by atoms with E-state index < -0.39 is 53.6 Å². The first kappa shape index (κ1) is 35.1. The van der Waals surface area contributed by atoms with E-state index in [1.165, 1.54) is 18.4 Å². The molecule has 1 unspecified atom stereocenters. The van der Waals surface area contributed by atoms with E-state index in [4.69, 9.17) is 37.5 Å². The zero-order valence-corrected chi connectivity index (χ0v) is 29.7. The number of benzene rings is 2. The van der Waals surface area contributed by atoms with Crippen LogP contribution in [-0.4, -0.2) is 63.2 Å². The summed E-state index contributed by atoms with van der Waals surface area (Å²) in [5, 5.41) is 5.96. The van der Waals surface area contributed by atoms with Crippen molar-refractivity contribution in [3.63, 3.8) is 0 Å². The molecule has 2 aromatic carbocycles. The molecule has 0 aliphatic heterocycles. The highest BCUT2D eigenvalue weighted by molar-refractivity contribution is 7.16. The van der Waals surface area contributed by atoms with E-state index in [1.54, 1.807) is 71.6 Å². The molecule has 7 atom stereocenters. The van der Waals surface area contributed by atoms with Crippen LogP contribution < -0.4 is 22.1 Å². The minimum Gasteiger partial charge on any atom is -0.456 e. The zero-order chi connectivity index (χ0) is 36.6. The molecule has 2 saturated carbocycles. The van der Waals surface area contributed by atoms with Crippen molar-refractivity contribution >= 4 is 57.8 Å². The Labute approximate surface area is 308 Å². The molecule has 0 bridgehead atoms. The van der Waals surface area contributed by atoms with Crippen LogP contribution in [0.3, 0.4) is 0 Å². The van der Waals surface area contributed by atoms with Crippen LogP contribution in [0.25, 0.3) is 11.2 Å². The van der Waals surface area contributed by atoms with Crippen LogP contribution in [0.1, 0.15) is 53.3 Å². The van der Waals surface area contributed by atoms with Crippen LogP contribution in [0.15, 0.2) is 79.1 Å². The maximum atomic E-state index is 13.8. The maximum absolute atomic E-state index is 13.8. The second-order valence-corrected chi connectivity index (χ2v) is 14.3. The molecule has 2 aliphatic carbocycles. The molecule has 266 valence electrons. The van der Waals surface area contributed by atoms with Gasteiger partial charge in [-0.1, -0.05) is 72.3 Å². The van der Waals surface area contributed by atoms with Crippen LogP contribution in [0, 0.1) is 23.2 Å². The zero-order valence-electron chi connectivity index (χ0n) is 28.2. The highest BCUT2D eigenvalue weighted by Gasteiger charge is 2.78. The number of carbonyl (C=O) groups is 3. The number of ether oxygens (including phenoxy) is 2. The number of anilines is 1. The Hall–Kier alpha value is -5.33. The van der Waals surface area contributed by atoms with Crippen molar-refractivity contribution in [2.45, 2.75) is 43.7 Å². The normalized spacial score (nSPS) is 22.7. The number of aromatic nitrogens is 4. The van der Waals surface area contributed by atoms with Crippen LogP contribution in [0.5, 0.6) is 0 Å². The summed E-state index contributed by atoms with van der Waals surface area (Å²) in [6, 6.07) is 18.0. The van der Waals surface area contributed by atoms with Gasteiger partial charge in [-0.2, -0.15) is 0 Å². The molecule has 3 heterocycles. The third-order valence-electron chi connectivity index (χ3n) is 9.54. The third-order valence-corrected chi connectivity index (χ3v) is 10.7. The average Bonchev–Trinajstić information content (AvgIpc) is 3.38. The fraction of sp³-hybridized carbons (Fsp3) is 0.297. The lowest BCUT2D eigenvalue weighted by Crippen LogP contribution is -2.47. The minimum atomic E-state index is -1.25. The first-order valence-corrected chi connectivity index (χ1v) is 17.9. The van der Waals surface area contributed by atoms with Gasteiger partial charge in [0, 0.05) is 19.5 Å². The van der Waals surface area contributed by atoms with Crippen LogP contribution in [0.2, 0.25) is 4.34 Å². The van der Waals surface area contributed by atoms with E-state index >= 15 is 0 Å². The summed E-state index contributed by atoms with van der Waals surface area (Å²) >= 11 is 7.44. The smallest absolute Gasteiger partial charge is 0.328 e. The lowest BCUT2D eigenvalue weighted by atomic mass is 9.97. The number of amides is 1. The lowest BCUT2D eigenvalue weighted by Gasteiger charge is -2.32. The predicted octanol–water partition coefficient (Wildman–Crippen LogP) is 3.90. The lowest BCUT2D eigenvalue weighted by molar-refractivity contribution is -0.176. The predicted molar refractivity (Wildman–Crippen MR) is 195 cm³/mol. The number of nitrogens with two attached hydrogens (primary N) is 2.